The number of pyridine rings is 1. The second-order valence-corrected chi connectivity index (χ2v) is 7.44. The molecule has 1 aliphatic rings. The lowest BCUT2D eigenvalue weighted by molar-refractivity contribution is 0.137. The maximum Gasteiger partial charge on any atom is 0.131 e. The number of nitrogens with one attached hydrogen (secondary N) is 2. The number of aliphatic hydroxyl groups is 1. The largest absolute Gasteiger partial charge is 0.383 e. The Morgan fingerprint density at radius 3 is 2.90 bits per heavy atom. The summed E-state index contributed by atoms with van der Waals surface area (Å²) < 4.78 is 6.88. The molecular formula is C22H27N5O2. The van der Waals surface area contributed by atoms with Gasteiger partial charge >= 0.3 is 0 Å². The molecule has 7 heteroatoms. The third-order valence-corrected chi connectivity index (χ3v) is 5.07. The number of aromatic nitrogens is 3. The number of aryl methyl sites for hydroxylation is 1. The SMILES string of the molecule is COCCNc1cncc(-n2cc(-c3cc(C(O)NC4CC4)ccc3C)cn2)c1. The van der Waals surface area contributed by atoms with Gasteiger partial charge in [-0.25, -0.2) is 4.68 Å². The van der Waals surface area contributed by atoms with Gasteiger partial charge in [-0.3, -0.25) is 10.3 Å². The Bertz CT molecular complexity index is 967. The number of rotatable bonds is 9. The predicted molar refractivity (Wildman–Crippen MR) is 113 cm³/mol. The number of aliphatic hydroxyl groups excluding tert-OH is 1. The van der Waals surface area contributed by atoms with Crippen LogP contribution in [0.25, 0.3) is 16.8 Å². The predicted octanol–water partition coefficient (Wildman–Crippen LogP) is 3.04. The minimum Gasteiger partial charge on any atom is -0.383 e. The van der Waals surface area contributed by atoms with Crippen LogP contribution in [0.5, 0.6) is 0 Å². The number of methoxy groups -OCH3 is 1. The van der Waals surface area contributed by atoms with E-state index in [9.17, 15) is 5.11 Å². The van der Waals surface area contributed by atoms with Gasteiger partial charge in [0.05, 0.1) is 36.6 Å². The van der Waals surface area contributed by atoms with Gasteiger partial charge in [0.15, 0.2) is 0 Å². The lowest BCUT2D eigenvalue weighted by Gasteiger charge is -2.14. The average molecular weight is 393 g/mol. The average Bonchev–Trinajstić information content (AvgIpc) is 3.40. The highest BCUT2D eigenvalue weighted by Crippen LogP contribution is 2.29. The minimum atomic E-state index is -0.643. The Balaban J connectivity index is 1.55. The molecule has 2 aromatic heterocycles. The smallest absolute Gasteiger partial charge is 0.131 e. The Kier molecular flexibility index (Phi) is 5.89. The normalized spacial score (nSPS) is 14.7. The van der Waals surface area contributed by atoms with Gasteiger partial charge in [-0.15, -0.1) is 0 Å². The van der Waals surface area contributed by atoms with E-state index in [1.807, 2.05) is 41.3 Å². The van der Waals surface area contributed by atoms with Crippen molar-refractivity contribution in [3.05, 3.63) is 60.2 Å². The summed E-state index contributed by atoms with van der Waals surface area (Å²) in [4.78, 5) is 4.30. The summed E-state index contributed by atoms with van der Waals surface area (Å²) in [5, 5.41) is 21.5. The minimum absolute atomic E-state index is 0.440. The molecular weight excluding hydrogens is 366 g/mol. The molecule has 3 aromatic rings. The highest BCUT2D eigenvalue weighted by Gasteiger charge is 2.24. The number of hydrogen-bond acceptors (Lipinski definition) is 6. The fraction of sp³-hybridized carbons (Fsp3) is 0.364. The van der Waals surface area contributed by atoms with Crippen molar-refractivity contribution in [2.24, 2.45) is 0 Å². The first kappa shape index (κ1) is 19.6. The highest BCUT2D eigenvalue weighted by molar-refractivity contribution is 5.67. The van der Waals surface area contributed by atoms with E-state index in [2.05, 4.69) is 27.6 Å². The van der Waals surface area contributed by atoms with E-state index in [0.717, 1.165) is 53.0 Å². The second-order valence-electron chi connectivity index (χ2n) is 7.44. The maximum atomic E-state index is 10.4. The zero-order valence-corrected chi connectivity index (χ0v) is 16.8. The van der Waals surface area contributed by atoms with Gasteiger partial charge in [0.1, 0.15) is 6.23 Å². The third-order valence-electron chi connectivity index (χ3n) is 5.07. The van der Waals surface area contributed by atoms with Gasteiger partial charge in [0, 0.05) is 31.5 Å². The summed E-state index contributed by atoms with van der Waals surface area (Å²) in [6.07, 6.45) is 9.03. The third kappa shape index (κ3) is 4.82. The van der Waals surface area contributed by atoms with Crippen LogP contribution in [0, 0.1) is 6.92 Å². The van der Waals surface area contributed by atoms with Crippen LogP contribution < -0.4 is 10.6 Å². The van der Waals surface area contributed by atoms with Crippen molar-refractivity contribution in [3.8, 4) is 16.8 Å². The molecule has 1 fully saturated rings. The molecule has 152 valence electrons. The Morgan fingerprint density at radius 2 is 2.10 bits per heavy atom. The Hall–Kier alpha value is -2.74. The monoisotopic (exact) mass is 393 g/mol. The zero-order valence-electron chi connectivity index (χ0n) is 16.8. The molecule has 2 heterocycles. The van der Waals surface area contributed by atoms with Crippen molar-refractivity contribution >= 4 is 5.69 Å². The first-order valence-electron chi connectivity index (χ1n) is 9.92. The van der Waals surface area contributed by atoms with Crippen molar-refractivity contribution in [3.63, 3.8) is 0 Å². The molecule has 1 unspecified atom stereocenters. The van der Waals surface area contributed by atoms with Crippen LogP contribution >= 0.6 is 0 Å². The summed E-state index contributed by atoms with van der Waals surface area (Å²) in [5.41, 5.74) is 5.87. The molecule has 7 nitrogen and oxygen atoms in total. The number of benzene rings is 1. The van der Waals surface area contributed by atoms with Crippen LogP contribution in [-0.4, -0.2) is 46.2 Å². The first-order valence-corrected chi connectivity index (χ1v) is 9.92. The van der Waals surface area contributed by atoms with Crippen molar-refractivity contribution in [1.82, 2.24) is 20.1 Å². The first-order chi connectivity index (χ1) is 14.1. The molecule has 0 bridgehead atoms. The zero-order chi connectivity index (χ0) is 20.2. The van der Waals surface area contributed by atoms with Crippen molar-refractivity contribution in [2.45, 2.75) is 32.0 Å². The molecule has 1 aromatic carbocycles. The van der Waals surface area contributed by atoms with Crippen LogP contribution in [0.1, 0.15) is 30.2 Å². The van der Waals surface area contributed by atoms with Crippen LogP contribution in [0.2, 0.25) is 0 Å². The van der Waals surface area contributed by atoms with Gasteiger partial charge in [-0.2, -0.15) is 5.10 Å². The van der Waals surface area contributed by atoms with E-state index in [-0.39, 0.29) is 0 Å². The molecule has 0 saturated heterocycles. The van der Waals surface area contributed by atoms with Gasteiger partial charge in [-0.1, -0.05) is 12.1 Å². The second kappa shape index (κ2) is 8.73. The summed E-state index contributed by atoms with van der Waals surface area (Å²) in [6.45, 7) is 3.42. The van der Waals surface area contributed by atoms with Crippen molar-refractivity contribution < 1.29 is 9.84 Å². The number of nitrogens with zero attached hydrogens (tertiary/aromatic N) is 3. The lowest BCUT2D eigenvalue weighted by Crippen LogP contribution is -2.22. The number of hydrogen-bond donors (Lipinski definition) is 3. The van der Waals surface area contributed by atoms with E-state index < -0.39 is 6.23 Å². The molecule has 29 heavy (non-hydrogen) atoms. The summed E-state index contributed by atoms with van der Waals surface area (Å²) >= 11 is 0. The molecule has 4 rings (SSSR count). The van der Waals surface area contributed by atoms with Crippen LogP contribution in [-0.2, 0) is 4.74 Å². The molecule has 0 spiro atoms. The maximum absolute atomic E-state index is 10.4. The van der Waals surface area contributed by atoms with E-state index in [1.165, 1.54) is 0 Å². The van der Waals surface area contributed by atoms with Crippen molar-refractivity contribution in [2.75, 3.05) is 25.6 Å². The van der Waals surface area contributed by atoms with E-state index in [1.54, 1.807) is 19.5 Å². The van der Waals surface area contributed by atoms with Crippen LogP contribution in [0.15, 0.2) is 49.1 Å². The van der Waals surface area contributed by atoms with Gasteiger partial charge in [0.25, 0.3) is 0 Å². The highest BCUT2D eigenvalue weighted by atomic mass is 16.5. The quantitative estimate of drug-likeness (QED) is 0.383. The molecule has 0 aliphatic heterocycles. The fourth-order valence-corrected chi connectivity index (χ4v) is 3.24. The summed E-state index contributed by atoms with van der Waals surface area (Å²) in [5.74, 6) is 0. The summed E-state index contributed by atoms with van der Waals surface area (Å²) in [7, 11) is 1.68. The fourth-order valence-electron chi connectivity index (χ4n) is 3.24. The molecule has 3 N–H and O–H groups in total. The molecule has 1 saturated carbocycles. The van der Waals surface area contributed by atoms with Crippen molar-refractivity contribution in [1.29, 1.82) is 0 Å². The topological polar surface area (TPSA) is 84.2 Å². The molecule has 1 aliphatic carbocycles. The van der Waals surface area contributed by atoms with Gasteiger partial charge in [0.2, 0.25) is 0 Å². The van der Waals surface area contributed by atoms with Crippen LogP contribution in [0.3, 0.4) is 0 Å². The van der Waals surface area contributed by atoms with E-state index in [4.69, 9.17) is 4.74 Å². The standard InChI is InChI=1S/C22H27N5O2/c1-15-3-4-16(22(28)26-18-5-6-18)9-21(15)17-11-25-27(14-17)20-10-19(12-23-13-20)24-7-8-29-2/h3-4,9-14,18,22,24,26,28H,5-8H2,1-2H3. The lowest BCUT2D eigenvalue weighted by atomic mass is 10.00. The van der Waals surface area contributed by atoms with Gasteiger partial charge < -0.3 is 15.2 Å². The molecule has 0 radical (unpaired) electrons. The number of ether oxygens (including phenoxy) is 1. The summed E-state index contributed by atoms with van der Waals surface area (Å²) in [6, 6.07) is 8.50. The Morgan fingerprint density at radius 1 is 1.24 bits per heavy atom. The Labute approximate surface area is 170 Å². The van der Waals surface area contributed by atoms with E-state index in [0.29, 0.717) is 12.6 Å². The molecule has 0 amide bonds. The number of anilines is 1. The van der Waals surface area contributed by atoms with Gasteiger partial charge in [-0.05, 0) is 48.6 Å². The van der Waals surface area contributed by atoms with Crippen LogP contribution in [0.4, 0.5) is 5.69 Å². The molecule has 1 atom stereocenters. The van der Waals surface area contributed by atoms with E-state index >= 15 is 0 Å².